The highest BCUT2D eigenvalue weighted by Crippen LogP contribution is 2.28. The number of amides is 3. The second kappa shape index (κ2) is 12.0. The van der Waals surface area contributed by atoms with Crippen LogP contribution in [0.25, 0.3) is 0 Å². The summed E-state index contributed by atoms with van der Waals surface area (Å²) in [6.07, 6.45) is 2.97. The van der Waals surface area contributed by atoms with Gasteiger partial charge in [0.1, 0.15) is 5.75 Å². The second-order valence-corrected chi connectivity index (χ2v) is 7.54. The third-order valence-corrected chi connectivity index (χ3v) is 5.23. The first-order valence-corrected chi connectivity index (χ1v) is 11.1. The average Bonchev–Trinajstić information content (AvgIpc) is 3.33. The predicted octanol–water partition coefficient (Wildman–Crippen LogP) is 4.10. The molecule has 2 aromatic carbocycles. The minimum absolute atomic E-state index is 0.153. The lowest BCUT2D eigenvalue weighted by atomic mass is 10.1. The van der Waals surface area contributed by atoms with Gasteiger partial charge >= 0.3 is 6.03 Å². The van der Waals surface area contributed by atoms with Crippen molar-refractivity contribution in [3.63, 3.8) is 0 Å². The molecule has 3 rings (SSSR count). The number of nitrogens with one attached hydrogen (secondary N) is 3. The summed E-state index contributed by atoms with van der Waals surface area (Å²) in [4.78, 5) is 27.6. The smallest absolute Gasteiger partial charge is 0.323 e. The van der Waals surface area contributed by atoms with Crippen molar-refractivity contribution in [1.29, 1.82) is 0 Å². The quantitative estimate of drug-likeness (QED) is 0.484. The van der Waals surface area contributed by atoms with Gasteiger partial charge < -0.3 is 30.3 Å². The van der Waals surface area contributed by atoms with Crippen LogP contribution >= 0.6 is 0 Å². The molecule has 1 heterocycles. The molecule has 1 fully saturated rings. The fraction of sp³-hybridized carbons (Fsp3) is 0.417. The number of nitrogens with zero attached hydrogens (tertiary/aromatic N) is 1. The largest absolute Gasteiger partial charge is 0.497 e. The molecule has 0 bridgehead atoms. The summed E-state index contributed by atoms with van der Waals surface area (Å²) in [5.41, 5.74) is 2.61. The molecular formula is C24H32N4O4. The van der Waals surface area contributed by atoms with Crippen molar-refractivity contribution in [2.45, 2.75) is 26.2 Å². The van der Waals surface area contributed by atoms with E-state index in [1.54, 1.807) is 37.4 Å². The number of carbonyl (C=O) groups is 2. The highest BCUT2D eigenvalue weighted by Gasteiger charge is 2.20. The summed E-state index contributed by atoms with van der Waals surface area (Å²) in [6.45, 7) is 5.61. The molecule has 32 heavy (non-hydrogen) atoms. The molecule has 1 aliphatic heterocycles. The van der Waals surface area contributed by atoms with Gasteiger partial charge in [-0.1, -0.05) is 6.07 Å². The van der Waals surface area contributed by atoms with Gasteiger partial charge in [-0.3, -0.25) is 4.79 Å². The third kappa shape index (κ3) is 6.62. The predicted molar refractivity (Wildman–Crippen MR) is 127 cm³/mol. The molecule has 0 unspecified atom stereocenters. The molecule has 3 N–H and O–H groups in total. The van der Waals surface area contributed by atoms with E-state index >= 15 is 0 Å². The van der Waals surface area contributed by atoms with Crippen molar-refractivity contribution < 1.29 is 19.1 Å². The minimum atomic E-state index is -0.393. The Balaban J connectivity index is 1.69. The highest BCUT2D eigenvalue weighted by molar-refractivity contribution is 6.04. The Morgan fingerprint density at radius 3 is 2.50 bits per heavy atom. The molecule has 0 atom stereocenters. The number of hydrogen-bond acceptors (Lipinski definition) is 5. The number of carbonyl (C=O) groups excluding carboxylic acids is 2. The second-order valence-electron chi connectivity index (χ2n) is 7.54. The molecule has 8 nitrogen and oxygen atoms in total. The number of urea groups is 1. The summed E-state index contributed by atoms with van der Waals surface area (Å²) < 4.78 is 10.5. The Hall–Kier alpha value is -3.26. The number of anilines is 3. The Labute approximate surface area is 189 Å². The molecule has 0 radical (unpaired) electrons. The van der Waals surface area contributed by atoms with Crippen LogP contribution < -0.4 is 25.6 Å². The summed E-state index contributed by atoms with van der Waals surface area (Å²) >= 11 is 0. The molecule has 0 spiro atoms. The van der Waals surface area contributed by atoms with Gasteiger partial charge in [-0.05, 0) is 56.5 Å². The van der Waals surface area contributed by atoms with Crippen LogP contribution in [0.2, 0.25) is 0 Å². The van der Waals surface area contributed by atoms with E-state index in [1.807, 2.05) is 19.1 Å². The lowest BCUT2D eigenvalue weighted by molar-refractivity contribution is 0.0944. The van der Waals surface area contributed by atoms with Crippen molar-refractivity contribution in [1.82, 2.24) is 5.32 Å². The lowest BCUT2D eigenvalue weighted by Gasteiger charge is -2.22. The van der Waals surface area contributed by atoms with E-state index in [-0.39, 0.29) is 5.91 Å². The van der Waals surface area contributed by atoms with Crippen LogP contribution in [0.1, 0.15) is 36.5 Å². The number of ether oxygens (including phenoxy) is 2. The average molecular weight is 441 g/mol. The van der Waals surface area contributed by atoms with Gasteiger partial charge in [-0.15, -0.1) is 0 Å². The van der Waals surface area contributed by atoms with Crippen molar-refractivity contribution >= 4 is 29.0 Å². The number of methoxy groups -OCH3 is 1. The Kier molecular flexibility index (Phi) is 8.74. The zero-order valence-corrected chi connectivity index (χ0v) is 18.8. The van der Waals surface area contributed by atoms with E-state index in [2.05, 4.69) is 20.9 Å². The van der Waals surface area contributed by atoms with E-state index in [4.69, 9.17) is 9.47 Å². The number of hydrogen-bond donors (Lipinski definition) is 3. The monoisotopic (exact) mass is 440 g/mol. The van der Waals surface area contributed by atoms with Gasteiger partial charge in [-0.2, -0.15) is 0 Å². The summed E-state index contributed by atoms with van der Waals surface area (Å²) in [5, 5.41) is 8.56. The fourth-order valence-electron chi connectivity index (χ4n) is 3.64. The number of benzene rings is 2. The summed E-state index contributed by atoms with van der Waals surface area (Å²) in [5.74, 6) is 0.501. The SMILES string of the molecule is CCOCCCNC(=O)c1cc(NC(=O)Nc2cccc(OC)c2)ccc1N1CCCC1. The van der Waals surface area contributed by atoms with Crippen LogP contribution in [0.5, 0.6) is 5.75 Å². The van der Waals surface area contributed by atoms with Crippen LogP contribution in [-0.2, 0) is 4.74 Å². The molecule has 1 saturated heterocycles. The molecule has 0 aliphatic carbocycles. The first-order chi connectivity index (χ1) is 15.6. The van der Waals surface area contributed by atoms with Gasteiger partial charge in [-0.25, -0.2) is 4.79 Å². The standard InChI is InChI=1S/C24H32N4O4/c1-3-32-15-7-12-25-23(29)21-17-19(10-11-22(21)28-13-4-5-14-28)27-24(30)26-18-8-6-9-20(16-18)31-2/h6,8-11,16-17H,3-5,7,12-15H2,1-2H3,(H,25,29)(H2,26,27,30). The maximum Gasteiger partial charge on any atom is 0.323 e. The van der Waals surface area contributed by atoms with Gasteiger partial charge in [0.25, 0.3) is 5.91 Å². The maximum absolute atomic E-state index is 12.9. The Morgan fingerprint density at radius 2 is 1.78 bits per heavy atom. The van der Waals surface area contributed by atoms with Crippen LogP contribution in [0.15, 0.2) is 42.5 Å². The zero-order valence-electron chi connectivity index (χ0n) is 18.8. The Bertz CT molecular complexity index is 913. The van der Waals surface area contributed by atoms with Crippen molar-refractivity contribution in [2.24, 2.45) is 0 Å². The van der Waals surface area contributed by atoms with Crippen molar-refractivity contribution in [2.75, 3.05) is 55.5 Å². The molecule has 3 amide bonds. The summed E-state index contributed by atoms with van der Waals surface area (Å²) in [6, 6.07) is 12.2. The van der Waals surface area contributed by atoms with E-state index in [0.717, 1.165) is 38.0 Å². The lowest BCUT2D eigenvalue weighted by Crippen LogP contribution is -2.29. The molecule has 0 aromatic heterocycles. The molecule has 2 aromatic rings. The van der Waals surface area contributed by atoms with Crippen LogP contribution in [0.3, 0.4) is 0 Å². The topological polar surface area (TPSA) is 91.9 Å². The molecule has 1 aliphatic rings. The van der Waals surface area contributed by atoms with Crippen LogP contribution in [-0.4, -0.2) is 51.9 Å². The minimum Gasteiger partial charge on any atom is -0.497 e. The molecule has 8 heteroatoms. The fourth-order valence-corrected chi connectivity index (χ4v) is 3.64. The van der Waals surface area contributed by atoms with E-state index in [0.29, 0.717) is 42.4 Å². The normalized spacial score (nSPS) is 13.0. The first-order valence-electron chi connectivity index (χ1n) is 11.1. The van der Waals surface area contributed by atoms with E-state index in [9.17, 15) is 9.59 Å². The van der Waals surface area contributed by atoms with Crippen molar-refractivity contribution in [3.8, 4) is 5.75 Å². The van der Waals surface area contributed by atoms with Crippen LogP contribution in [0.4, 0.5) is 21.9 Å². The van der Waals surface area contributed by atoms with Gasteiger partial charge in [0, 0.05) is 56.0 Å². The zero-order chi connectivity index (χ0) is 22.8. The van der Waals surface area contributed by atoms with E-state index in [1.165, 1.54) is 0 Å². The highest BCUT2D eigenvalue weighted by atomic mass is 16.5. The molecule has 172 valence electrons. The Morgan fingerprint density at radius 1 is 1.03 bits per heavy atom. The maximum atomic E-state index is 12.9. The third-order valence-electron chi connectivity index (χ3n) is 5.23. The number of rotatable bonds is 10. The van der Waals surface area contributed by atoms with Crippen molar-refractivity contribution in [3.05, 3.63) is 48.0 Å². The van der Waals surface area contributed by atoms with E-state index < -0.39 is 6.03 Å². The first kappa shape index (κ1) is 23.4. The van der Waals surface area contributed by atoms with Crippen LogP contribution in [0, 0.1) is 0 Å². The van der Waals surface area contributed by atoms with Gasteiger partial charge in [0.05, 0.1) is 12.7 Å². The van der Waals surface area contributed by atoms with Gasteiger partial charge in [0.15, 0.2) is 0 Å². The van der Waals surface area contributed by atoms with Gasteiger partial charge in [0.2, 0.25) is 0 Å². The molecule has 0 saturated carbocycles. The molecular weight excluding hydrogens is 408 g/mol. The summed E-state index contributed by atoms with van der Waals surface area (Å²) in [7, 11) is 1.57.